The van der Waals surface area contributed by atoms with Gasteiger partial charge >= 0.3 is 39.5 Å². The van der Waals surface area contributed by atoms with E-state index in [1.165, 1.54) is 109 Å². The van der Waals surface area contributed by atoms with Crippen LogP contribution in [0.4, 0.5) is 0 Å². The molecule has 0 aromatic carbocycles. The molecule has 19 heteroatoms. The number of phosphoric acid groups is 2. The molecule has 474 valence electrons. The van der Waals surface area contributed by atoms with Crippen molar-refractivity contribution in [3.8, 4) is 0 Å². The number of esters is 4. The molecular formula is C61H118O17P2. The Labute approximate surface area is 486 Å². The Morgan fingerprint density at radius 3 is 0.850 bits per heavy atom. The van der Waals surface area contributed by atoms with E-state index in [0.717, 1.165) is 108 Å². The molecule has 5 atom stereocenters. The summed E-state index contributed by atoms with van der Waals surface area (Å²) >= 11 is 0. The highest BCUT2D eigenvalue weighted by Crippen LogP contribution is 2.45. The minimum absolute atomic E-state index is 0.105. The lowest BCUT2D eigenvalue weighted by atomic mass is 10.0. The Morgan fingerprint density at radius 1 is 0.338 bits per heavy atom. The highest BCUT2D eigenvalue weighted by Gasteiger charge is 2.30. The summed E-state index contributed by atoms with van der Waals surface area (Å²) in [6.45, 7) is 9.34. The van der Waals surface area contributed by atoms with Gasteiger partial charge in [-0.2, -0.15) is 0 Å². The maximum atomic E-state index is 12.9. The van der Waals surface area contributed by atoms with Crippen LogP contribution in [0.2, 0.25) is 0 Å². The molecule has 0 amide bonds. The molecule has 17 nitrogen and oxygen atoms in total. The molecule has 0 radical (unpaired) electrons. The van der Waals surface area contributed by atoms with Gasteiger partial charge in [0.1, 0.15) is 19.3 Å². The number of ether oxygens (including phenoxy) is 4. The fourth-order valence-corrected chi connectivity index (χ4v) is 10.6. The molecule has 3 N–H and O–H groups in total. The number of phosphoric ester groups is 2. The van der Waals surface area contributed by atoms with Gasteiger partial charge in [0.25, 0.3) is 0 Å². The number of hydrogen-bond acceptors (Lipinski definition) is 15. The lowest BCUT2D eigenvalue weighted by Gasteiger charge is -2.21. The summed E-state index contributed by atoms with van der Waals surface area (Å²) in [5.74, 6) is -0.657. The van der Waals surface area contributed by atoms with E-state index in [-0.39, 0.29) is 25.7 Å². The van der Waals surface area contributed by atoms with E-state index in [0.29, 0.717) is 25.7 Å². The average molecular weight is 1190 g/mol. The van der Waals surface area contributed by atoms with Crippen LogP contribution in [0.25, 0.3) is 0 Å². The largest absolute Gasteiger partial charge is 0.472 e. The van der Waals surface area contributed by atoms with Crippen LogP contribution < -0.4 is 0 Å². The molecule has 0 heterocycles. The van der Waals surface area contributed by atoms with Gasteiger partial charge in [-0.15, -0.1) is 0 Å². The topological polar surface area (TPSA) is 237 Å². The lowest BCUT2D eigenvalue weighted by Crippen LogP contribution is -2.30. The number of aliphatic hydroxyl groups is 1. The number of aliphatic hydroxyl groups excluding tert-OH is 1. The van der Waals surface area contributed by atoms with Crippen molar-refractivity contribution in [2.75, 3.05) is 39.6 Å². The summed E-state index contributed by atoms with van der Waals surface area (Å²) in [7, 11) is -9.87. The fraction of sp³-hybridized carbons (Fsp3) is 0.934. The maximum absolute atomic E-state index is 12.9. The summed E-state index contributed by atoms with van der Waals surface area (Å²) in [5, 5.41) is 10.5. The van der Waals surface area contributed by atoms with Crippen molar-refractivity contribution in [3.63, 3.8) is 0 Å². The van der Waals surface area contributed by atoms with Gasteiger partial charge in [-0.25, -0.2) is 9.13 Å². The van der Waals surface area contributed by atoms with Crippen LogP contribution in [0.3, 0.4) is 0 Å². The van der Waals surface area contributed by atoms with Gasteiger partial charge in [-0.1, -0.05) is 247 Å². The van der Waals surface area contributed by atoms with E-state index in [1.54, 1.807) is 0 Å². The highest BCUT2D eigenvalue weighted by molar-refractivity contribution is 7.47. The van der Waals surface area contributed by atoms with Gasteiger partial charge in [-0.05, 0) is 37.5 Å². The second kappa shape index (κ2) is 53.8. The summed E-state index contributed by atoms with van der Waals surface area (Å²) in [5.41, 5.74) is 0. The molecule has 0 aliphatic rings. The second-order valence-corrected chi connectivity index (χ2v) is 25.9. The maximum Gasteiger partial charge on any atom is 0.472 e. The first kappa shape index (κ1) is 78.1. The number of unbranched alkanes of at least 4 members (excludes halogenated alkanes) is 30. The van der Waals surface area contributed by atoms with Gasteiger partial charge in [0.15, 0.2) is 12.2 Å². The van der Waals surface area contributed by atoms with Gasteiger partial charge in [0, 0.05) is 25.7 Å². The minimum atomic E-state index is -4.94. The molecule has 0 aliphatic heterocycles. The first-order valence-electron chi connectivity index (χ1n) is 32.0. The van der Waals surface area contributed by atoms with Crippen LogP contribution in [-0.4, -0.2) is 96.7 Å². The molecular weight excluding hydrogens is 1070 g/mol. The standard InChI is InChI=1S/C61H118O17P2/c1-7-9-11-13-14-15-20-27-33-39-45-60(65)77-56(49-71-58(63)43-37-29-12-10-8-2)51-75-79(67,68)73-47-55(62)48-74-80(69,70)76-52-57(50-72-59(64)44-38-32-26-23-22-25-31-36-42-54(5)6)78-61(66)46-40-34-28-21-18-16-17-19-24-30-35-41-53(3)4/h53-57,62H,7-52H2,1-6H3,(H,67,68)(H,69,70)/t55-,56+,57+/m0/s1. The van der Waals surface area contributed by atoms with Gasteiger partial charge in [0.2, 0.25) is 0 Å². The highest BCUT2D eigenvalue weighted by atomic mass is 31.2. The lowest BCUT2D eigenvalue weighted by molar-refractivity contribution is -0.161. The Kier molecular flexibility index (Phi) is 52.5. The van der Waals surface area contributed by atoms with Gasteiger partial charge in [-0.3, -0.25) is 37.3 Å². The van der Waals surface area contributed by atoms with Crippen molar-refractivity contribution >= 4 is 39.5 Å². The van der Waals surface area contributed by atoms with E-state index >= 15 is 0 Å². The van der Waals surface area contributed by atoms with Crippen molar-refractivity contribution in [1.82, 2.24) is 0 Å². The summed E-state index contributed by atoms with van der Waals surface area (Å²) in [6.07, 6.45) is 35.2. The molecule has 0 saturated heterocycles. The first-order valence-corrected chi connectivity index (χ1v) is 35.0. The number of carbonyl (C=O) groups is 4. The minimum Gasteiger partial charge on any atom is -0.462 e. The fourth-order valence-electron chi connectivity index (χ4n) is 9.00. The van der Waals surface area contributed by atoms with E-state index in [1.807, 2.05) is 0 Å². The predicted octanol–water partition coefficient (Wildman–Crippen LogP) is 16.5. The molecule has 0 aromatic rings. The van der Waals surface area contributed by atoms with Crippen LogP contribution in [0.15, 0.2) is 0 Å². The quantitative estimate of drug-likeness (QED) is 0.0222. The van der Waals surface area contributed by atoms with Crippen LogP contribution >= 0.6 is 15.6 Å². The van der Waals surface area contributed by atoms with Gasteiger partial charge in [0.05, 0.1) is 26.4 Å². The molecule has 0 rings (SSSR count). The SMILES string of the molecule is CCCCCCCCCCCCC(=O)O[C@H](COC(=O)CCCCCCC)COP(=O)(O)OC[C@H](O)COP(=O)(O)OC[C@@H](COC(=O)CCCCCCCCCCC(C)C)OC(=O)CCCCCCCCCCCCCC(C)C. The summed E-state index contributed by atoms with van der Waals surface area (Å²) in [4.78, 5) is 71.8. The third-order valence-corrected chi connectivity index (χ3v) is 15.9. The zero-order valence-electron chi connectivity index (χ0n) is 51.4. The molecule has 0 fully saturated rings. The van der Waals surface area contributed by atoms with Crippen LogP contribution in [0, 0.1) is 11.8 Å². The second-order valence-electron chi connectivity index (χ2n) is 23.0. The number of carbonyl (C=O) groups excluding carboxylic acids is 4. The molecule has 0 spiro atoms. The van der Waals surface area contributed by atoms with E-state index in [9.17, 15) is 43.2 Å². The van der Waals surface area contributed by atoms with Crippen LogP contribution in [0.5, 0.6) is 0 Å². The van der Waals surface area contributed by atoms with E-state index < -0.39 is 97.5 Å². The van der Waals surface area contributed by atoms with Gasteiger partial charge < -0.3 is 33.8 Å². The van der Waals surface area contributed by atoms with Crippen molar-refractivity contribution in [2.45, 2.75) is 317 Å². The number of hydrogen-bond donors (Lipinski definition) is 3. The van der Waals surface area contributed by atoms with Crippen molar-refractivity contribution in [2.24, 2.45) is 11.8 Å². The smallest absolute Gasteiger partial charge is 0.462 e. The zero-order chi connectivity index (χ0) is 59.4. The molecule has 0 aliphatic carbocycles. The molecule has 0 saturated carbocycles. The van der Waals surface area contributed by atoms with Crippen LogP contribution in [0.1, 0.15) is 298 Å². The van der Waals surface area contributed by atoms with E-state index in [4.69, 9.17) is 37.0 Å². The summed E-state index contributed by atoms with van der Waals surface area (Å²) < 4.78 is 67.7. The normalized spacial score (nSPS) is 14.4. The average Bonchev–Trinajstić information content (AvgIpc) is 3.41. The third kappa shape index (κ3) is 55.3. The Bertz CT molecular complexity index is 1580. The Hall–Kier alpha value is -1.94. The molecule has 0 bridgehead atoms. The van der Waals surface area contributed by atoms with Crippen molar-refractivity contribution in [1.29, 1.82) is 0 Å². The van der Waals surface area contributed by atoms with Crippen molar-refractivity contribution in [3.05, 3.63) is 0 Å². The van der Waals surface area contributed by atoms with Crippen molar-refractivity contribution < 1.29 is 80.2 Å². The Balaban J connectivity index is 5.18. The predicted molar refractivity (Wildman–Crippen MR) is 317 cm³/mol. The van der Waals surface area contributed by atoms with Crippen LogP contribution in [-0.2, 0) is 65.4 Å². The molecule has 80 heavy (non-hydrogen) atoms. The zero-order valence-corrected chi connectivity index (χ0v) is 53.2. The molecule has 2 unspecified atom stereocenters. The van der Waals surface area contributed by atoms with E-state index in [2.05, 4.69) is 41.5 Å². The Morgan fingerprint density at radius 2 is 0.575 bits per heavy atom. The summed E-state index contributed by atoms with van der Waals surface area (Å²) in [6, 6.07) is 0. The third-order valence-electron chi connectivity index (χ3n) is 14.0. The first-order chi connectivity index (χ1) is 38.4. The number of rotatable bonds is 60. The molecule has 0 aromatic heterocycles. The monoisotopic (exact) mass is 1180 g/mol.